The molecule has 0 unspecified atom stereocenters. The number of nitrogens with one attached hydrogen (secondary N) is 1. The minimum Gasteiger partial charge on any atom is -0.351 e. The van der Waals surface area contributed by atoms with E-state index in [1.54, 1.807) is 0 Å². The van der Waals surface area contributed by atoms with Gasteiger partial charge in [-0.05, 0) is 43.2 Å². The van der Waals surface area contributed by atoms with Crippen LogP contribution >= 0.6 is 15.9 Å². The Labute approximate surface area is 120 Å². The fourth-order valence-corrected chi connectivity index (χ4v) is 2.34. The molecule has 1 aromatic heterocycles. The molecular weight excluding hydrogens is 306 g/mol. The zero-order valence-corrected chi connectivity index (χ0v) is 12.3. The number of rotatable bonds is 2. The van der Waals surface area contributed by atoms with Gasteiger partial charge in [0.05, 0.1) is 0 Å². The molecule has 2 aromatic rings. The van der Waals surface area contributed by atoms with Gasteiger partial charge in [-0.15, -0.1) is 0 Å². The van der Waals surface area contributed by atoms with Crippen molar-refractivity contribution in [1.82, 2.24) is 4.98 Å². The van der Waals surface area contributed by atoms with E-state index < -0.39 is 6.03 Å². The number of nitrogens with zero attached hydrogens (tertiary/aromatic N) is 1. The minimum absolute atomic E-state index is 0.475. The maximum Gasteiger partial charge on any atom is 0.317 e. The maximum absolute atomic E-state index is 10.8. The first kappa shape index (κ1) is 13.5. The molecular formula is C14H14BrN3O. The van der Waals surface area contributed by atoms with Gasteiger partial charge in [0.1, 0.15) is 5.82 Å². The lowest BCUT2D eigenvalue weighted by Gasteiger charge is -2.12. The number of carbonyl (C=O) groups excluding carboxylic acids is 1. The number of aryl methyl sites for hydroxylation is 2. The predicted molar refractivity (Wildman–Crippen MR) is 80.1 cm³/mol. The topological polar surface area (TPSA) is 68.0 Å². The Morgan fingerprint density at radius 3 is 2.42 bits per heavy atom. The Hall–Kier alpha value is -1.88. The first-order chi connectivity index (χ1) is 8.97. The number of primary amides is 1. The predicted octanol–water partition coefficient (Wildman–Crippen LogP) is 3.62. The number of nitrogens with two attached hydrogens (primary N) is 1. The third-order valence-electron chi connectivity index (χ3n) is 2.78. The van der Waals surface area contributed by atoms with Crippen molar-refractivity contribution in [1.29, 1.82) is 0 Å². The number of benzene rings is 1. The minimum atomic E-state index is -0.609. The normalized spacial score (nSPS) is 10.3. The molecule has 5 heteroatoms. The lowest BCUT2D eigenvalue weighted by Crippen LogP contribution is -2.20. The number of anilines is 1. The molecule has 0 aliphatic heterocycles. The molecule has 0 fully saturated rings. The van der Waals surface area contributed by atoms with Crippen molar-refractivity contribution in [3.8, 4) is 11.1 Å². The number of hydrogen-bond acceptors (Lipinski definition) is 2. The van der Waals surface area contributed by atoms with Gasteiger partial charge in [0.2, 0.25) is 0 Å². The van der Waals surface area contributed by atoms with Crippen molar-refractivity contribution >= 4 is 27.8 Å². The van der Waals surface area contributed by atoms with Gasteiger partial charge in [0, 0.05) is 15.7 Å². The number of halogens is 1. The van der Waals surface area contributed by atoms with Crippen LogP contribution in [0, 0.1) is 13.8 Å². The first-order valence-electron chi connectivity index (χ1n) is 5.78. The van der Waals surface area contributed by atoms with Crippen LogP contribution in [0.25, 0.3) is 11.1 Å². The Bertz CT molecular complexity index is 600. The van der Waals surface area contributed by atoms with Crippen LogP contribution in [0.15, 0.2) is 34.8 Å². The molecule has 0 spiro atoms. The highest BCUT2D eigenvalue weighted by atomic mass is 79.9. The van der Waals surface area contributed by atoms with E-state index in [1.807, 2.05) is 44.2 Å². The molecule has 1 heterocycles. The molecule has 0 saturated carbocycles. The number of amides is 2. The molecule has 3 N–H and O–H groups in total. The van der Waals surface area contributed by atoms with Gasteiger partial charge in [0.25, 0.3) is 0 Å². The molecule has 0 radical (unpaired) electrons. The van der Waals surface area contributed by atoms with Gasteiger partial charge in [-0.3, -0.25) is 5.32 Å². The molecule has 1 aromatic carbocycles. The number of pyridine rings is 1. The molecule has 0 atom stereocenters. The fourth-order valence-electron chi connectivity index (χ4n) is 2.07. The Morgan fingerprint density at radius 1 is 1.26 bits per heavy atom. The summed E-state index contributed by atoms with van der Waals surface area (Å²) in [5.41, 5.74) is 9.15. The molecule has 2 rings (SSSR count). The van der Waals surface area contributed by atoms with Crippen LogP contribution in [0.1, 0.15) is 11.3 Å². The van der Waals surface area contributed by atoms with E-state index in [-0.39, 0.29) is 0 Å². The quantitative estimate of drug-likeness (QED) is 0.887. The maximum atomic E-state index is 10.8. The second-order valence-corrected chi connectivity index (χ2v) is 5.20. The second kappa shape index (κ2) is 5.40. The summed E-state index contributed by atoms with van der Waals surface area (Å²) in [5.74, 6) is 0.475. The highest BCUT2D eigenvalue weighted by Gasteiger charge is 2.09. The first-order valence-corrected chi connectivity index (χ1v) is 6.57. The zero-order chi connectivity index (χ0) is 14.0. The highest BCUT2D eigenvalue weighted by Crippen LogP contribution is 2.28. The van der Waals surface area contributed by atoms with E-state index in [0.717, 1.165) is 26.9 Å². The smallest absolute Gasteiger partial charge is 0.317 e. The van der Waals surface area contributed by atoms with Crippen LogP contribution in [-0.4, -0.2) is 11.0 Å². The summed E-state index contributed by atoms with van der Waals surface area (Å²) in [7, 11) is 0. The van der Waals surface area contributed by atoms with Crippen molar-refractivity contribution in [2.45, 2.75) is 13.8 Å². The average molecular weight is 320 g/mol. The van der Waals surface area contributed by atoms with Gasteiger partial charge in [-0.25, -0.2) is 9.78 Å². The van der Waals surface area contributed by atoms with E-state index in [2.05, 4.69) is 26.2 Å². The van der Waals surface area contributed by atoms with Crippen LogP contribution < -0.4 is 11.1 Å². The number of urea groups is 1. The van der Waals surface area contributed by atoms with E-state index in [9.17, 15) is 4.79 Å². The molecule has 2 amide bonds. The van der Waals surface area contributed by atoms with Crippen LogP contribution in [-0.2, 0) is 0 Å². The standard InChI is InChI=1S/C14H14BrN3O/c1-8-7-12(18-14(16)19)17-9(2)13(8)10-3-5-11(15)6-4-10/h3-7H,1-2H3,(H3,16,17,18,19). The zero-order valence-electron chi connectivity index (χ0n) is 10.7. The van der Waals surface area contributed by atoms with Crippen molar-refractivity contribution in [3.63, 3.8) is 0 Å². The lowest BCUT2D eigenvalue weighted by atomic mass is 9.99. The molecule has 0 aliphatic carbocycles. The van der Waals surface area contributed by atoms with Crippen LogP contribution in [0.2, 0.25) is 0 Å². The van der Waals surface area contributed by atoms with Gasteiger partial charge in [-0.2, -0.15) is 0 Å². The van der Waals surface area contributed by atoms with Crippen molar-refractivity contribution in [2.75, 3.05) is 5.32 Å². The van der Waals surface area contributed by atoms with E-state index in [4.69, 9.17) is 5.73 Å². The number of carbonyl (C=O) groups is 1. The van der Waals surface area contributed by atoms with Crippen LogP contribution in [0.4, 0.5) is 10.6 Å². The van der Waals surface area contributed by atoms with E-state index >= 15 is 0 Å². The molecule has 4 nitrogen and oxygen atoms in total. The summed E-state index contributed by atoms with van der Waals surface area (Å²) in [6.45, 7) is 3.90. The SMILES string of the molecule is Cc1cc(NC(N)=O)nc(C)c1-c1ccc(Br)cc1. The average Bonchev–Trinajstić information content (AvgIpc) is 2.29. The van der Waals surface area contributed by atoms with E-state index in [1.165, 1.54) is 0 Å². The largest absolute Gasteiger partial charge is 0.351 e. The van der Waals surface area contributed by atoms with Crippen molar-refractivity contribution in [2.24, 2.45) is 5.73 Å². The van der Waals surface area contributed by atoms with Crippen LogP contribution in [0.3, 0.4) is 0 Å². The second-order valence-electron chi connectivity index (χ2n) is 4.28. The molecule has 0 bridgehead atoms. The lowest BCUT2D eigenvalue weighted by molar-refractivity contribution is 0.259. The van der Waals surface area contributed by atoms with Gasteiger partial charge in [0.15, 0.2) is 0 Å². The summed E-state index contributed by atoms with van der Waals surface area (Å²) in [5, 5.41) is 2.49. The Balaban J connectivity index is 2.47. The Morgan fingerprint density at radius 2 is 1.89 bits per heavy atom. The number of hydrogen-bond donors (Lipinski definition) is 2. The highest BCUT2D eigenvalue weighted by molar-refractivity contribution is 9.10. The van der Waals surface area contributed by atoms with Crippen LogP contribution in [0.5, 0.6) is 0 Å². The van der Waals surface area contributed by atoms with Gasteiger partial charge < -0.3 is 5.73 Å². The molecule has 98 valence electrons. The van der Waals surface area contributed by atoms with Gasteiger partial charge >= 0.3 is 6.03 Å². The summed E-state index contributed by atoms with van der Waals surface area (Å²) in [6, 6.07) is 9.25. The van der Waals surface area contributed by atoms with Crippen molar-refractivity contribution < 1.29 is 4.79 Å². The van der Waals surface area contributed by atoms with Crippen molar-refractivity contribution in [3.05, 3.63) is 46.1 Å². The third-order valence-corrected chi connectivity index (χ3v) is 3.31. The number of aromatic nitrogens is 1. The van der Waals surface area contributed by atoms with E-state index in [0.29, 0.717) is 5.82 Å². The van der Waals surface area contributed by atoms with Gasteiger partial charge in [-0.1, -0.05) is 28.1 Å². The summed E-state index contributed by atoms with van der Waals surface area (Å²) >= 11 is 3.42. The molecule has 19 heavy (non-hydrogen) atoms. The fraction of sp³-hybridized carbons (Fsp3) is 0.143. The summed E-state index contributed by atoms with van der Waals surface area (Å²) < 4.78 is 1.03. The summed E-state index contributed by atoms with van der Waals surface area (Å²) in [4.78, 5) is 15.2. The molecule has 0 saturated heterocycles. The summed E-state index contributed by atoms with van der Waals surface area (Å²) in [6.07, 6.45) is 0. The monoisotopic (exact) mass is 319 g/mol. The molecule has 0 aliphatic rings. The Kier molecular flexibility index (Phi) is 3.85. The third kappa shape index (κ3) is 3.12.